The Labute approximate surface area is 262 Å². The Balaban J connectivity index is 1.21. The largest absolute Gasteiger partial charge is 0.476 e. The lowest BCUT2D eigenvalue weighted by Gasteiger charge is -2.23. The van der Waals surface area contributed by atoms with Gasteiger partial charge < -0.3 is 19.7 Å². The summed E-state index contributed by atoms with van der Waals surface area (Å²) in [5.74, 6) is 1.09. The van der Waals surface area contributed by atoms with Crippen molar-refractivity contribution in [3.8, 4) is 0 Å². The van der Waals surface area contributed by atoms with Crippen LogP contribution < -0.4 is 0 Å². The second kappa shape index (κ2) is 16.4. The van der Waals surface area contributed by atoms with Gasteiger partial charge in [0.2, 0.25) is 0 Å². The van der Waals surface area contributed by atoms with Gasteiger partial charge in [0.15, 0.2) is 0 Å². The third kappa shape index (κ3) is 9.80. The number of benzene rings is 4. The molecule has 0 saturated carbocycles. The molecule has 44 heavy (non-hydrogen) atoms. The van der Waals surface area contributed by atoms with Crippen molar-refractivity contribution in [2.45, 2.75) is 64.2 Å². The van der Waals surface area contributed by atoms with E-state index >= 15 is 0 Å². The number of rotatable bonds is 16. The molecule has 0 amide bonds. The normalized spacial score (nSPS) is 13.3. The van der Waals surface area contributed by atoms with E-state index in [0.717, 1.165) is 51.4 Å². The molecule has 1 aliphatic rings. The lowest BCUT2D eigenvalue weighted by atomic mass is 9.87. The Kier molecular flexibility index (Phi) is 11.6. The topological polar surface area (TPSA) is 58.9 Å². The van der Waals surface area contributed by atoms with Crippen LogP contribution in [0.2, 0.25) is 0 Å². The van der Waals surface area contributed by atoms with Crippen LogP contribution in [0.5, 0.6) is 0 Å². The number of ether oxygens (including phenoxy) is 2. The van der Waals surface area contributed by atoms with Gasteiger partial charge in [-0.15, -0.1) is 0 Å². The molecule has 0 fully saturated rings. The third-order valence-corrected chi connectivity index (χ3v) is 8.43. The van der Waals surface area contributed by atoms with Crippen LogP contribution in [0, 0.1) is 11.8 Å². The summed E-state index contributed by atoms with van der Waals surface area (Å²) in [6.45, 7) is 0. The zero-order valence-corrected chi connectivity index (χ0v) is 25.5. The second-order valence-electron chi connectivity index (χ2n) is 11.9. The number of allylic oxidation sites excluding steroid dienone is 2. The van der Waals surface area contributed by atoms with Gasteiger partial charge in [0.05, 0.1) is 0 Å². The lowest BCUT2D eigenvalue weighted by Crippen LogP contribution is -2.13. The highest BCUT2D eigenvalue weighted by molar-refractivity contribution is 5.20. The molecule has 1 aliphatic heterocycles. The molecule has 0 bridgehead atoms. The van der Waals surface area contributed by atoms with Crippen LogP contribution in [0.4, 0.5) is 0 Å². The molecule has 4 heteroatoms. The quantitative estimate of drug-likeness (QED) is 0.137. The summed E-state index contributed by atoms with van der Waals surface area (Å²) in [5.41, 5.74) is 5.38. The van der Waals surface area contributed by atoms with Gasteiger partial charge in [0.1, 0.15) is 11.5 Å². The fraction of sp³-hybridized carbons (Fsp3) is 0.300. The molecule has 0 unspecified atom stereocenters. The molecule has 0 aliphatic carbocycles. The van der Waals surface area contributed by atoms with Crippen LogP contribution in [0.1, 0.15) is 60.8 Å². The minimum absolute atomic E-state index is 0.475. The summed E-state index contributed by atoms with van der Waals surface area (Å²) in [6.07, 6.45) is 9.13. The van der Waals surface area contributed by atoms with Crippen molar-refractivity contribution in [3.05, 3.63) is 167 Å². The van der Waals surface area contributed by atoms with E-state index < -0.39 is 11.9 Å². The minimum atomic E-state index is -0.556. The predicted octanol–water partition coefficient (Wildman–Crippen LogP) is 10.0. The maximum atomic E-state index is 10.2. The first kappa shape index (κ1) is 31.0. The molecular formula is C40H44O4. The molecule has 0 atom stereocenters. The first-order valence-electron chi connectivity index (χ1n) is 16.0. The van der Waals surface area contributed by atoms with Crippen molar-refractivity contribution in [3.63, 3.8) is 0 Å². The van der Waals surface area contributed by atoms with Gasteiger partial charge >= 0.3 is 11.9 Å². The van der Waals surface area contributed by atoms with E-state index in [4.69, 9.17) is 9.47 Å². The summed E-state index contributed by atoms with van der Waals surface area (Å²) >= 11 is 0. The molecule has 4 aromatic carbocycles. The molecule has 1 heterocycles. The van der Waals surface area contributed by atoms with Gasteiger partial charge in [-0.25, -0.2) is 0 Å². The zero-order chi connectivity index (χ0) is 30.4. The van der Waals surface area contributed by atoms with Crippen molar-refractivity contribution in [2.24, 2.45) is 11.8 Å². The first-order valence-corrected chi connectivity index (χ1v) is 16.0. The van der Waals surface area contributed by atoms with Crippen LogP contribution in [-0.2, 0) is 35.2 Å². The lowest BCUT2D eigenvalue weighted by molar-refractivity contribution is 0.0109. The average molecular weight is 589 g/mol. The average Bonchev–Trinajstić information content (AvgIpc) is 3.05. The van der Waals surface area contributed by atoms with Gasteiger partial charge in [-0.05, 0) is 85.5 Å². The maximum absolute atomic E-state index is 10.2. The van der Waals surface area contributed by atoms with Crippen molar-refractivity contribution >= 4 is 0 Å². The molecule has 228 valence electrons. The summed E-state index contributed by atoms with van der Waals surface area (Å²) in [7, 11) is 0. The molecule has 0 aromatic heterocycles. The van der Waals surface area contributed by atoms with E-state index in [0.29, 0.717) is 36.2 Å². The molecule has 0 radical (unpaired) electrons. The van der Waals surface area contributed by atoms with E-state index in [1.54, 1.807) is 0 Å². The van der Waals surface area contributed by atoms with Crippen LogP contribution >= 0.6 is 0 Å². The molecular weight excluding hydrogens is 544 g/mol. The number of hydrogen-bond acceptors (Lipinski definition) is 4. The minimum Gasteiger partial charge on any atom is -0.476 e. The Morgan fingerprint density at radius 2 is 0.682 bits per heavy atom. The Hall–Kier alpha value is -4.44. The van der Waals surface area contributed by atoms with Crippen molar-refractivity contribution < 1.29 is 19.7 Å². The second-order valence-corrected chi connectivity index (χ2v) is 11.9. The van der Waals surface area contributed by atoms with Crippen LogP contribution in [0.3, 0.4) is 0 Å². The SMILES string of the molecule is OC1=C(O)OC(CCCC(Cc2ccccc2)Cc2ccccc2)=C(CCCC(Cc2ccccc2)Cc2ccccc2)O1. The molecule has 4 aromatic rings. The van der Waals surface area contributed by atoms with Gasteiger partial charge in [0, 0.05) is 12.8 Å². The number of hydrogen-bond donors (Lipinski definition) is 2. The van der Waals surface area contributed by atoms with Crippen LogP contribution in [0.25, 0.3) is 0 Å². The summed E-state index contributed by atoms with van der Waals surface area (Å²) in [6, 6.07) is 42.7. The van der Waals surface area contributed by atoms with Gasteiger partial charge in [-0.3, -0.25) is 0 Å². The first-order chi connectivity index (χ1) is 21.6. The highest BCUT2D eigenvalue weighted by Gasteiger charge is 2.24. The Morgan fingerprint density at radius 3 is 0.955 bits per heavy atom. The van der Waals surface area contributed by atoms with E-state index in [1.165, 1.54) is 22.3 Å². The number of aliphatic hydroxyl groups is 2. The van der Waals surface area contributed by atoms with E-state index in [1.807, 2.05) is 0 Å². The highest BCUT2D eigenvalue weighted by Crippen LogP contribution is 2.32. The third-order valence-electron chi connectivity index (χ3n) is 8.43. The molecule has 0 spiro atoms. The molecule has 4 nitrogen and oxygen atoms in total. The summed E-state index contributed by atoms with van der Waals surface area (Å²) < 4.78 is 11.4. The fourth-order valence-corrected chi connectivity index (χ4v) is 6.26. The fourth-order valence-electron chi connectivity index (χ4n) is 6.26. The standard InChI is InChI=1S/C40H44O4/c41-39-40(42)44-38(26-14-24-36(29-33-19-9-3-10-20-33)30-34-21-11-4-12-22-34)37(43-39)25-13-23-35(27-31-15-5-1-6-16-31)28-32-17-7-2-8-18-32/h1-12,15-22,35-36,41-42H,13-14,23-30H2. The smallest absolute Gasteiger partial charge is 0.367 e. The van der Waals surface area contributed by atoms with Gasteiger partial charge in [-0.1, -0.05) is 121 Å². The van der Waals surface area contributed by atoms with Crippen molar-refractivity contribution in [1.29, 1.82) is 0 Å². The monoisotopic (exact) mass is 588 g/mol. The van der Waals surface area contributed by atoms with Crippen molar-refractivity contribution in [2.75, 3.05) is 0 Å². The molecule has 0 saturated heterocycles. The van der Waals surface area contributed by atoms with Crippen LogP contribution in [0.15, 0.2) is 145 Å². The van der Waals surface area contributed by atoms with E-state index in [9.17, 15) is 10.2 Å². The number of aliphatic hydroxyl groups excluding tert-OH is 2. The van der Waals surface area contributed by atoms with Crippen LogP contribution in [-0.4, -0.2) is 10.2 Å². The molecule has 5 rings (SSSR count). The summed E-state index contributed by atoms with van der Waals surface area (Å²) in [5, 5.41) is 20.3. The van der Waals surface area contributed by atoms with Gasteiger partial charge in [0.25, 0.3) is 0 Å². The zero-order valence-electron chi connectivity index (χ0n) is 25.5. The van der Waals surface area contributed by atoms with Gasteiger partial charge in [-0.2, -0.15) is 0 Å². The highest BCUT2D eigenvalue weighted by atomic mass is 16.7. The van der Waals surface area contributed by atoms with Crippen molar-refractivity contribution in [1.82, 2.24) is 0 Å². The summed E-state index contributed by atoms with van der Waals surface area (Å²) in [4.78, 5) is 0. The Bertz CT molecular complexity index is 1270. The maximum Gasteiger partial charge on any atom is 0.367 e. The van der Waals surface area contributed by atoms with E-state index in [2.05, 4.69) is 121 Å². The molecule has 2 N–H and O–H groups in total. The van der Waals surface area contributed by atoms with E-state index in [-0.39, 0.29) is 0 Å². The predicted molar refractivity (Wildman–Crippen MR) is 177 cm³/mol. The Morgan fingerprint density at radius 1 is 0.409 bits per heavy atom.